The van der Waals surface area contributed by atoms with Crippen molar-refractivity contribution in [2.24, 2.45) is 11.8 Å². The predicted molar refractivity (Wildman–Crippen MR) is 70.6 cm³/mol. The quantitative estimate of drug-likeness (QED) is 0.795. The number of nitrogens with one attached hydrogen (secondary N) is 1. The van der Waals surface area contributed by atoms with E-state index in [-0.39, 0.29) is 18.0 Å². The van der Waals surface area contributed by atoms with E-state index < -0.39 is 29.6 Å². The largest absolute Gasteiger partial charge is 0.444 e. The fourth-order valence-corrected chi connectivity index (χ4v) is 3.72. The molecule has 3 saturated heterocycles. The lowest BCUT2D eigenvalue weighted by atomic mass is 9.81. The first kappa shape index (κ1) is 13.0. The molecule has 21 heavy (non-hydrogen) atoms. The summed E-state index contributed by atoms with van der Waals surface area (Å²) in [6.07, 6.45) is 1.18. The molecule has 1 aromatic rings. The maximum atomic E-state index is 12.3. The zero-order chi connectivity index (χ0) is 14.7. The van der Waals surface area contributed by atoms with E-state index in [2.05, 4.69) is 21.4 Å². The highest BCUT2D eigenvalue weighted by molar-refractivity contribution is 9.10. The van der Waals surface area contributed by atoms with Gasteiger partial charge in [0.25, 0.3) is 11.8 Å². The zero-order valence-electron chi connectivity index (χ0n) is 10.7. The van der Waals surface area contributed by atoms with Gasteiger partial charge in [0, 0.05) is 0 Å². The second kappa shape index (κ2) is 4.41. The summed E-state index contributed by atoms with van der Waals surface area (Å²) in [7, 11) is 0. The van der Waals surface area contributed by atoms with Crippen molar-refractivity contribution < 1.29 is 23.5 Å². The number of halogens is 1. The molecule has 0 unspecified atom stereocenters. The topological polar surface area (TPSA) is 88.9 Å². The maximum Gasteiger partial charge on any atom is 0.306 e. The van der Waals surface area contributed by atoms with Gasteiger partial charge in [-0.2, -0.15) is 5.01 Å². The van der Waals surface area contributed by atoms with Gasteiger partial charge in [0.2, 0.25) is 0 Å². The van der Waals surface area contributed by atoms with E-state index in [9.17, 15) is 14.4 Å². The first-order valence-corrected chi connectivity index (χ1v) is 7.45. The number of hydrazine groups is 1. The molecule has 0 aromatic carbocycles. The molecule has 3 amide bonds. The van der Waals surface area contributed by atoms with Crippen molar-refractivity contribution in [2.75, 3.05) is 0 Å². The number of carbonyl (C=O) groups is 3. The second-order valence-electron chi connectivity index (χ2n) is 5.40. The number of amides is 3. The number of fused-ring (bicyclic) bond motifs is 5. The number of hydrogen-bond donors (Lipinski definition) is 1. The zero-order valence-corrected chi connectivity index (χ0v) is 12.3. The van der Waals surface area contributed by atoms with Crippen molar-refractivity contribution in [3.63, 3.8) is 0 Å². The number of rotatable bonds is 2. The molecule has 3 aliphatic heterocycles. The summed E-state index contributed by atoms with van der Waals surface area (Å²) < 4.78 is 11.1. The standard InChI is InChI=1S/C13H11BrN2O5/c14-8-4-3-7(21-8)11(17)15-16-12(18)9-5-1-2-6(20-5)10(9)13(16)19/h3-6,9-10H,1-2H2,(H,15,17)/t5-,6+,9-,10-/m0/s1. The van der Waals surface area contributed by atoms with Gasteiger partial charge in [-0.05, 0) is 40.9 Å². The third-order valence-electron chi connectivity index (χ3n) is 4.29. The van der Waals surface area contributed by atoms with Crippen LogP contribution in [-0.2, 0) is 14.3 Å². The highest BCUT2D eigenvalue weighted by Crippen LogP contribution is 2.48. The van der Waals surface area contributed by atoms with Gasteiger partial charge in [0.1, 0.15) is 0 Å². The third kappa shape index (κ3) is 1.78. The first-order valence-electron chi connectivity index (χ1n) is 6.66. The maximum absolute atomic E-state index is 12.3. The summed E-state index contributed by atoms with van der Waals surface area (Å²) in [6, 6.07) is 3.02. The average molecular weight is 355 g/mol. The van der Waals surface area contributed by atoms with Crippen LogP contribution in [0.2, 0.25) is 0 Å². The van der Waals surface area contributed by atoms with Gasteiger partial charge in [-0.3, -0.25) is 19.8 Å². The normalized spacial score (nSPS) is 33.7. The minimum absolute atomic E-state index is 0.0266. The van der Waals surface area contributed by atoms with Crippen molar-refractivity contribution in [1.29, 1.82) is 0 Å². The van der Waals surface area contributed by atoms with Gasteiger partial charge < -0.3 is 9.15 Å². The lowest BCUT2D eigenvalue weighted by molar-refractivity contribution is -0.145. The molecule has 1 aromatic heterocycles. The van der Waals surface area contributed by atoms with Crippen molar-refractivity contribution in [3.8, 4) is 0 Å². The Bertz CT molecular complexity index is 629. The molecule has 8 heteroatoms. The van der Waals surface area contributed by atoms with Crippen molar-refractivity contribution in [1.82, 2.24) is 10.4 Å². The van der Waals surface area contributed by atoms with Crippen LogP contribution >= 0.6 is 15.9 Å². The Morgan fingerprint density at radius 1 is 1.19 bits per heavy atom. The lowest BCUT2D eigenvalue weighted by Crippen LogP contribution is -2.47. The fourth-order valence-electron chi connectivity index (χ4n) is 3.42. The summed E-state index contributed by atoms with van der Waals surface area (Å²) in [5, 5.41) is 0.821. The van der Waals surface area contributed by atoms with Crippen molar-refractivity contribution in [3.05, 3.63) is 22.6 Å². The average Bonchev–Trinajstić information content (AvgIpc) is 3.19. The molecule has 0 spiro atoms. The van der Waals surface area contributed by atoms with E-state index in [1.807, 2.05) is 0 Å². The molecule has 0 aliphatic carbocycles. The number of carbonyl (C=O) groups excluding carboxylic acids is 3. The van der Waals surface area contributed by atoms with Crippen molar-refractivity contribution in [2.45, 2.75) is 25.0 Å². The Morgan fingerprint density at radius 2 is 1.81 bits per heavy atom. The van der Waals surface area contributed by atoms with E-state index in [0.717, 1.165) is 17.9 Å². The summed E-state index contributed by atoms with van der Waals surface area (Å²) in [5.74, 6) is -2.30. The van der Waals surface area contributed by atoms with Crippen LogP contribution in [0.1, 0.15) is 23.4 Å². The number of furan rings is 1. The molecular weight excluding hydrogens is 344 g/mol. The van der Waals surface area contributed by atoms with Crippen LogP contribution in [-0.4, -0.2) is 34.9 Å². The first-order chi connectivity index (χ1) is 10.1. The molecule has 2 bridgehead atoms. The smallest absolute Gasteiger partial charge is 0.306 e. The van der Waals surface area contributed by atoms with Crippen LogP contribution in [0.15, 0.2) is 21.2 Å². The number of ether oxygens (including phenoxy) is 1. The van der Waals surface area contributed by atoms with Gasteiger partial charge >= 0.3 is 5.91 Å². The van der Waals surface area contributed by atoms with Gasteiger partial charge in [-0.1, -0.05) is 0 Å². The van der Waals surface area contributed by atoms with Crippen LogP contribution in [0.25, 0.3) is 0 Å². The van der Waals surface area contributed by atoms with E-state index >= 15 is 0 Å². The third-order valence-corrected chi connectivity index (χ3v) is 4.72. The minimum Gasteiger partial charge on any atom is -0.444 e. The van der Waals surface area contributed by atoms with Gasteiger partial charge in [-0.25, -0.2) is 0 Å². The molecule has 4 atom stereocenters. The molecule has 4 heterocycles. The molecule has 1 N–H and O–H groups in total. The summed E-state index contributed by atoms with van der Waals surface area (Å²) in [6.45, 7) is 0. The molecule has 0 saturated carbocycles. The summed E-state index contributed by atoms with van der Waals surface area (Å²) in [5.41, 5.74) is 2.33. The molecule has 110 valence electrons. The number of imide groups is 1. The van der Waals surface area contributed by atoms with Crippen LogP contribution in [0.4, 0.5) is 0 Å². The highest BCUT2D eigenvalue weighted by atomic mass is 79.9. The molecule has 4 rings (SSSR count). The SMILES string of the molecule is O=C(NN1C(=O)[C@@H]2[C@@H](C1=O)[C@H]1CC[C@@H]2O1)c1ccc(Br)o1. The molecule has 7 nitrogen and oxygen atoms in total. The second-order valence-corrected chi connectivity index (χ2v) is 6.18. The molecule has 3 fully saturated rings. The Hall–Kier alpha value is -1.67. The molecular formula is C13H11BrN2O5. The Balaban J connectivity index is 1.55. The van der Waals surface area contributed by atoms with Crippen LogP contribution in [0.3, 0.4) is 0 Å². The number of hydrogen-bond acceptors (Lipinski definition) is 5. The van der Waals surface area contributed by atoms with Crippen LogP contribution in [0.5, 0.6) is 0 Å². The monoisotopic (exact) mass is 354 g/mol. The van der Waals surface area contributed by atoms with Gasteiger partial charge in [0.15, 0.2) is 10.4 Å². The lowest BCUT2D eigenvalue weighted by Gasteiger charge is -2.17. The minimum atomic E-state index is -0.629. The molecule has 0 radical (unpaired) electrons. The fraction of sp³-hybridized carbons (Fsp3) is 0.462. The van der Waals surface area contributed by atoms with E-state index in [1.54, 1.807) is 6.07 Å². The summed E-state index contributed by atoms with van der Waals surface area (Å²) in [4.78, 5) is 36.7. The summed E-state index contributed by atoms with van der Waals surface area (Å²) >= 11 is 3.09. The highest BCUT2D eigenvalue weighted by Gasteiger charge is 2.62. The van der Waals surface area contributed by atoms with Crippen LogP contribution < -0.4 is 5.43 Å². The van der Waals surface area contributed by atoms with Gasteiger partial charge in [-0.15, -0.1) is 0 Å². The Kier molecular flexibility index (Phi) is 2.74. The van der Waals surface area contributed by atoms with E-state index in [4.69, 9.17) is 9.15 Å². The van der Waals surface area contributed by atoms with E-state index in [0.29, 0.717) is 4.67 Å². The van der Waals surface area contributed by atoms with Crippen LogP contribution in [0, 0.1) is 11.8 Å². The molecule has 3 aliphatic rings. The predicted octanol–water partition coefficient (Wildman–Crippen LogP) is 0.849. The van der Waals surface area contributed by atoms with E-state index in [1.165, 1.54) is 6.07 Å². The van der Waals surface area contributed by atoms with Crippen molar-refractivity contribution >= 4 is 33.7 Å². The number of nitrogens with zero attached hydrogens (tertiary/aromatic N) is 1. The van der Waals surface area contributed by atoms with Gasteiger partial charge in [0.05, 0.1) is 24.0 Å². The Morgan fingerprint density at radius 3 is 2.33 bits per heavy atom. The Labute approximate surface area is 127 Å².